The fourth-order valence-corrected chi connectivity index (χ4v) is 2.84. The Morgan fingerprint density at radius 3 is 2.73 bits per heavy atom. The molecule has 3 rings (SSSR count). The van der Waals surface area contributed by atoms with E-state index in [0.717, 1.165) is 31.7 Å². The van der Waals surface area contributed by atoms with Crippen LogP contribution in [0.4, 0.5) is 5.82 Å². The van der Waals surface area contributed by atoms with Gasteiger partial charge in [-0.1, -0.05) is 20.8 Å². The first kappa shape index (κ1) is 15.3. The van der Waals surface area contributed by atoms with Crippen molar-refractivity contribution in [1.29, 1.82) is 0 Å². The Morgan fingerprint density at radius 2 is 2.05 bits per heavy atom. The number of hydrogen-bond donors (Lipinski definition) is 1. The van der Waals surface area contributed by atoms with Crippen LogP contribution in [0.2, 0.25) is 0 Å². The molecule has 1 aliphatic heterocycles. The molecule has 0 radical (unpaired) electrons. The van der Waals surface area contributed by atoms with Crippen molar-refractivity contribution in [2.24, 2.45) is 5.41 Å². The fraction of sp³-hybridized carbons (Fsp3) is 0.706. The number of carbonyl (C=O) groups excluding carboxylic acids is 1. The molecule has 1 aromatic heterocycles. The molecule has 0 bridgehead atoms. The zero-order valence-electron chi connectivity index (χ0n) is 13.8. The van der Waals surface area contributed by atoms with E-state index in [1.807, 2.05) is 20.8 Å². The molecule has 2 heterocycles. The van der Waals surface area contributed by atoms with E-state index in [1.54, 1.807) is 6.33 Å². The van der Waals surface area contributed by atoms with Gasteiger partial charge in [0.1, 0.15) is 12.1 Å². The minimum absolute atomic E-state index is 0.126. The number of nitrogens with zero attached hydrogens (tertiary/aromatic N) is 3. The Bertz CT molecular complexity index is 548. The molecule has 120 valence electrons. The van der Waals surface area contributed by atoms with Crippen LogP contribution >= 0.6 is 0 Å². The van der Waals surface area contributed by atoms with Crippen molar-refractivity contribution >= 4 is 11.7 Å². The number of nitrogens with one attached hydrogen (secondary N) is 1. The maximum absolute atomic E-state index is 12.2. The summed E-state index contributed by atoms with van der Waals surface area (Å²) in [6.07, 6.45) is 6.30. The third-order valence-electron chi connectivity index (χ3n) is 4.43. The maximum Gasteiger partial charge on any atom is 0.225 e. The fourth-order valence-electron chi connectivity index (χ4n) is 2.84. The van der Waals surface area contributed by atoms with E-state index in [2.05, 4.69) is 26.3 Å². The highest BCUT2D eigenvalue weighted by Crippen LogP contribution is 2.39. The summed E-state index contributed by atoms with van der Waals surface area (Å²) in [5, 5.41) is 3.18. The molecule has 1 saturated heterocycles. The van der Waals surface area contributed by atoms with Gasteiger partial charge in [-0.15, -0.1) is 0 Å². The van der Waals surface area contributed by atoms with Crippen molar-refractivity contribution in [2.45, 2.75) is 58.4 Å². The monoisotopic (exact) mass is 302 g/mol. The van der Waals surface area contributed by atoms with Crippen LogP contribution in [0.25, 0.3) is 0 Å². The summed E-state index contributed by atoms with van der Waals surface area (Å²) < 4.78 is 0. The Morgan fingerprint density at radius 1 is 1.27 bits per heavy atom. The molecule has 0 aromatic carbocycles. The highest BCUT2D eigenvalue weighted by Gasteiger charge is 2.29. The zero-order valence-corrected chi connectivity index (χ0v) is 13.8. The molecule has 1 aliphatic carbocycles. The van der Waals surface area contributed by atoms with E-state index in [4.69, 9.17) is 0 Å². The average Bonchev–Trinajstić information content (AvgIpc) is 3.31. The summed E-state index contributed by atoms with van der Waals surface area (Å²) in [7, 11) is 0. The summed E-state index contributed by atoms with van der Waals surface area (Å²) in [4.78, 5) is 23.3. The van der Waals surface area contributed by atoms with E-state index in [1.165, 1.54) is 18.5 Å². The van der Waals surface area contributed by atoms with Crippen molar-refractivity contribution in [3.63, 3.8) is 0 Å². The molecule has 1 N–H and O–H groups in total. The van der Waals surface area contributed by atoms with Crippen LogP contribution in [0.15, 0.2) is 12.4 Å². The van der Waals surface area contributed by atoms with E-state index in [9.17, 15) is 4.79 Å². The molecule has 5 nitrogen and oxygen atoms in total. The maximum atomic E-state index is 12.2. The molecule has 22 heavy (non-hydrogen) atoms. The van der Waals surface area contributed by atoms with E-state index < -0.39 is 0 Å². The van der Waals surface area contributed by atoms with Crippen molar-refractivity contribution in [1.82, 2.24) is 15.3 Å². The molecular formula is C17H26N4O. The molecule has 5 heteroatoms. The Kier molecular flexibility index (Phi) is 4.06. The van der Waals surface area contributed by atoms with Crippen molar-refractivity contribution in [2.75, 3.05) is 18.0 Å². The van der Waals surface area contributed by atoms with Crippen LogP contribution < -0.4 is 10.2 Å². The first-order chi connectivity index (χ1) is 10.4. The molecule has 2 fully saturated rings. The van der Waals surface area contributed by atoms with Crippen LogP contribution in [0.1, 0.15) is 58.1 Å². The van der Waals surface area contributed by atoms with Gasteiger partial charge in [0.2, 0.25) is 5.91 Å². The first-order valence-corrected chi connectivity index (χ1v) is 8.31. The number of carbonyl (C=O) groups is 1. The van der Waals surface area contributed by atoms with Gasteiger partial charge in [0, 0.05) is 42.2 Å². The van der Waals surface area contributed by atoms with Crippen molar-refractivity contribution in [3.05, 3.63) is 18.1 Å². The lowest BCUT2D eigenvalue weighted by atomic mass is 9.94. The van der Waals surface area contributed by atoms with Crippen LogP contribution in [-0.4, -0.2) is 35.0 Å². The molecule has 1 saturated carbocycles. The van der Waals surface area contributed by atoms with E-state index in [0.29, 0.717) is 5.92 Å². The molecular weight excluding hydrogens is 276 g/mol. The van der Waals surface area contributed by atoms with Crippen LogP contribution in [0.3, 0.4) is 0 Å². The minimum atomic E-state index is -0.337. The van der Waals surface area contributed by atoms with Gasteiger partial charge >= 0.3 is 0 Å². The van der Waals surface area contributed by atoms with Crippen molar-refractivity contribution in [3.8, 4) is 0 Å². The van der Waals surface area contributed by atoms with Crippen LogP contribution in [0.5, 0.6) is 0 Å². The second-order valence-electron chi connectivity index (χ2n) is 7.58. The average molecular weight is 302 g/mol. The SMILES string of the molecule is CC(C)(C)C(=O)NC1CCCN(c2cc(C3CC3)ncn2)C1. The van der Waals surface area contributed by atoms with Gasteiger partial charge in [-0.05, 0) is 25.7 Å². The Balaban J connectivity index is 1.65. The number of piperidine rings is 1. The minimum Gasteiger partial charge on any atom is -0.354 e. The van der Waals surface area contributed by atoms with Gasteiger partial charge in [-0.2, -0.15) is 0 Å². The highest BCUT2D eigenvalue weighted by atomic mass is 16.2. The highest BCUT2D eigenvalue weighted by molar-refractivity contribution is 5.81. The molecule has 1 amide bonds. The van der Waals surface area contributed by atoms with Gasteiger partial charge in [0.15, 0.2) is 0 Å². The Labute approximate surface area is 132 Å². The number of amides is 1. The second kappa shape index (κ2) is 5.86. The number of hydrogen-bond acceptors (Lipinski definition) is 4. The standard InChI is InChI=1S/C17H26N4O/c1-17(2,3)16(22)20-13-5-4-8-21(10-13)15-9-14(12-6-7-12)18-11-19-15/h9,11-13H,4-8,10H2,1-3H3,(H,20,22). The van der Waals surface area contributed by atoms with Gasteiger partial charge in [-0.3, -0.25) is 4.79 Å². The van der Waals surface area contributed by atoms with Gasteiger partial charge < -0.3 is 10.2 Å². The largest absolute Gasteiger partial charge is 0.354 e. The predicted octanol–water partition coefficient (Wildman–Crippen LogP) is 2.49. The third kappa shape index (κ3) is 3.57. The predicted molar refractivity (Wildman–Crippen MR) is 86.8 cm³/mol. The molecule has 2 aliphatic rings. The van der Waals surface area contributed by atoms with Crippen molar-refractivity contribution < 1.29 is 4.79 Å². The molecule has 1 aromatic rings. The first-order valence-electron chi connectivity index (χ1n) is 8.31. The summed E-state index contributed by atoms with van der Waals surface area (Å²) in [5.74, 6) is 1.77. The van der Waals surface area contributed by atoms with Crippen LogP contribution in [0, 0.1) is 5.41 Å². The smallest absolute Gasteiger partial charge is 0.225 e. The van der Waals surface area contributed by atoms with Gasteiger partial charge in [0.05, 0.1) is 0 Å². The quantitative estimate of drug-likeness (QED) is 0.932. The lowest BCUT2D eigenvalue weighted by Gasteiger charge is -2.35. The molecule has 1 atom stereocenters. The van der Waals surface area contributed by atoms with E-state index >= 15 is 0 Å². The normalized spacial score (nSPS) is 22.5. The summed E-state index contributed by atoms with van der Waals surface area (Å²) in [5.41, 5.74) is 0.835. The van der Waals surface area contributed by atoms with Gasteiger partial charge in [-0.25, -0.2) is 9.97 Å². The van der Waals surface area contributed by atoms with Gasteiger partial charge in [0.25, 0.3) is 0 Å². The number of aromatic nitrogens is 2. The summed E-state index contributed by atoms with van der Waals surface area (Å²) >= 11 is 0. The topological polar surface area (TPSA) is 58.1 Å². The second-order valence-corrected chi connectivity index (χ2v) is 7.58. The van der Waals surface area contributed by atoms with Crippen LogP contribution in [-0.2, 0) is 4.79 Å². The zero-order chi connectivity index (χ0) is 15.7. The van der Waals surface area contributed by atoms with E-state index in [-0.39, 0.29) is 17.4 Å². The summed E-state index contributed by atoms with van der Waals surface area (Å²) in [6, 6.07) is 2.34. The molecule has 0 spiro atoms. The summed E-state index contributed by atoms with van der Waals surface area (Å²) in [6.45, 7) is 7.70. The molecule has 1 unspecified atom stereocenters. The number of rotatable bonds is 3. The number of anilines is 1. The third-order valence-corrected chi connectivity index (χ3v) is 4.43. The Hall–Kier alpha value is -1.65. The lowest BCUT2D eigenvalue weighted by Crippen LogP contribution is -2.50. The lowest BCUT2D eigenvalue weighted by molar-refractivity contribution is -0.129.